The lowest BCUT2D eigenvalue weighted by atomic mass is 10.1. The third-order valence-corrected chi connectivity index (χ3v) is 4.82. The van der Waals surface area contributed by atoms with Gasteiger partial charge in [-0.1, -0.05) is 40.2 Å². The molecular weight excluding hydrogens is 382 g/mol. The number of nitrogens with one attached hydrogen (secondary N) is 1. The molecule has 0 unspecified atom stereocenters. The van der Waals surface area contributed by atoms with Crippen molar-refractivity contribution in [1.82, 2.24) is 9.80 Å². The Morgan fingerprint density at radius 3 is 2.60 bits per heavy atom. The first-order valence-electron chi connectivity index (χ1n) is 8.31. The summed E-state index contributed by atoms with van der Waals surface area (Å²) in [6.45, 7) is 3.98. The molecule has 0 saturated carbocycles. The van der Waals surface area contributed by atoms with Crippen LogP contribution < -0.4 is 10.1 Å². The molecule has 1 fully saturated rings. The Balaban J connectivity index is 1.52. The van der Waals surface area contributed by atoms with Gasteiger partial charge in [0.25, 0.3) is 0 Å². The van der Waals surface area contributed by atoms with Gasteiger partial charge in [0, 0.05) is 48.4 Å². The van der Waals surface area contributed by atoms with Gasteiger partial charge in [-0.05, 0) is 24.3 Å². The molecule has 1 saturated heterocycles. The predicted molar refractivity (Wildman–Crippen MR) is 103 cm³/mol. The number of piperazine rings is 1. The van der Waals surface area contributed by atoms with Crippen molar-refractivity contribution >= 4 is 27.6 Å². The number of rotatable bonds is 4. The second kappa shape index (κ2) is 8.36. The van der Waals surface area contributed by atoms with E-state index in [2.05, 4.69) is 32.2 Å². The number of anilines is 1. The van der Waals surface area contributed by atoms with Crippen LogP contribution >= 0.6 is 15.9 Å². The fourth-order valence-electron chi connectivity index (χ4n) is 2.95. The first-order valence-corrected chi connectivity index (χ1v) is 9.11. The fourth-order valence-corrected chi connectivity index (χ4v) is 3.35. The van der Waals surface area contributed by atoms with Crippen molar-refractivity contribution in [1.29, 1.82) is 0 Å². The highest BCUT2D eigenvalue weighted by Gasteiger charge is 2.21. The number of ether oxygens (including phenoxy) is 1. The van der Waals surface area contributed by atoms with E-state index < -0.39 is 0 Å². The van der Waals surface area contributed by atoms with Gasteiger partial charge in [0.1, 0.15) is 5.75 Å². The number of methoxy groups -OCH3 is 1. The zero-order valence-corrected chi connectivity index (χ0v) is 15.8. The van der Waals surface area contributed by atoms with Crippen LogP contribution in [-0.2, 0) is 6.54 Å². The maximum absolute atomic E-state index is 12.4. The summed E-state index contributed by atoms with van der Waals surface area (Å²) >= 11 is 3.42. The van der Waals surface area contributed by atoms with E-state index in [1.165, 1.54) is 5.56 Å². The number of carbonyl (C=O) groups is 1. The highest BCUT2D eigenvalue weighted by atomic mass is 79.9. The van der Waals surface area contributed by atoms with Gasteiger partial charge in [-0.2, -0.15) is 0 Å². The summed E-state index contributed by atoms with van der Waals surface area (Å²) in [5.41, 5.74) is 1.98. The van der Waals surface area contributed by atoms with Crippen molar-refractivity contribution in [3.05, 3.63) is 58.6 Å². The Hall–Kier alpha value is -2.05. The number of halogens is 1. The van der Waals surface area contributed by atoms with Gasteiger partial charge in [-0.3, -0.25) is 4.90 Å². The highest BCUT2D eigenvalue weighted by molar-refractivity contribution is 9.10. The van der Waals surface area contributed by atoms with Gasteiger partial charge in [-0.25, -0.2) is 4.79 Å². The van der Waals surface area contributed by atoms with Gasteiger partial charge in [0.2, 0.25) is 0 Å². The Bertz CT molecular complexity index is 730. The van der Waals surface area contributed by atoms with Crippen LogP contribution in [0.4, 0.5) is 10.5 Å². The number of para-hydroxylation sites is 1. The van der Waals surface area contributed by atoms with Crippen LogP contribution in [0.3, 0.4) is 0 Å². The first-order chi connectivity index (χ1) is 12.2. The molecule has 0 spiro atoms. The Labute approximate surface area is 156 Å². The quantitative estimate of drug-likeness (QED) is 0.843. The lowest BCUT2D eigenvalue weighted by Gasteiger charge is -2.34. The lowest BCUT2D eigenvalue weighted by Crippen LogP contribution is -2.49. The van der Waals surface area contributed by atoms with Gasteiger partial charge in [0.15, 0.2) is 0 Å². The van der Waals surface area contributed by atoms with Crippen LogP contribution in [0.15, 0.2) is 53.0 Å². The van der Waals surface area contributed by atoms with Gasteiger partial charge in [-0.15, -0.1) is 0 Å². The molecule has 6 heteroatoms. The number of benzene rings is 2. The summed E-state index contributed by atoms with van der Waals surface area (Å²) in [6, 6.07) is 15.7. The molecule has 1 heterocycles. The van der Waals surface area contributed by atoms with E-state index in [0.29, 0.717) is 0 Å². The minimum absolute atomic E-state index is 0.0463. The summed E-state index contributed by atoms with van der Waals surface area (Å²) < 4.78 is 6.37. The summed E-state index contributed by atoms with van der Waals surface area (Å²) in [7, 11) is 1.70. The Morgan fingerprint density at radius 2 is 1.88 bits per heavy atom. The average Bonchev–Trinajstić information content (AvgIpc) is 2.63. The van der Waals surface area contributed by atoms with Crippen LogP contribution in [0.2, 0.25) is 0 Å². The number of carbonyl (C=O) groups excluding carboxylic acids is 1. The van der Waals surface area contributed by atoms with Gasteiger partial charge < -0.3 is 15.0 Å². The number of nitrogens with zero attached hydrogens (tertiary/aromatic N) is 2. The smallest absolute Gasteiger partial charge is 0.321 e. The third-order valence-electron chi connectivity index (χ3n) is 4.32. The van der Waals surface area contributed by atoms with E-state index in [9.17, 15) is 4.79 Å². The molecule has 2 amide bonds. The maximum atomic E-state index is 12.4. The van der Waals surface area contributed by atoms with Crippen molar-refractivity contribution < 1.29 is 9.53 Å². The van der Waals surface area contributed by atoms with Crippen molar-refractivity contribution in [2.75, 3.05) is 38.6 Å². The van der Waals surface area contributed by atoms with Crippen LogP contribution in [0.1, 0.15) is 5.56 Å². The molecule has 0 aliphatic carbocycles. The molecular formula is C19H22BrN3O2. The molecule has 0 atom stereocenters. The zero-order chi connectivity index (χ0) is 17.6. The molecule has 25 heavy (non-hydrogen) atoms. The lowest BCUT2D eigenvalue weighted by molar-refractivity contribution is 0.142. The zero-order valence-electron chi connectivity index (χ0n) is 14.2. The minimum Gasteiger partial charge on any atom is -0.496 e. The largest absolute Gasteiger partial charge is 0.496 e. The summed E-state index contributed by atoms with van der Waals surface area (Å²) in [4.78, 5) is 16.6. The van der Waals surface area contributed by atoms with E-state index in [4.69, 9.17) is 4.74 Å². The molecule has 1 N–H and O–H groups in total. The van der Waals surface area contributed by atoms with Crippen LogP contribution in [0.25, 0.3) is 0 Å². The SMILES string of the molecule is COc1ccccc1CN1CCN(C(=O)Nc2cccc(Br)c2)CC1. The standard InChI is InChI=1S/C19H22BrN3O2/c1-25-18-8-3-2-5-15(18)14-22-9-11-23(12-10-22)19(24)21-17-7-4-6-16(20)13-17/h2-8,13H,9-12,14H2,1H3,(H,21,24). The summed E-state index contributed by atoms with van der Waals surface area (Å²) in [5, 5.41) is 2.95. The second-order valence-corrected chi connectivity index (χ2v) is 6.93. The number of hydrogen-bond acceptors (Lipinski definition) is 3. The Kier molecular flexibility index (Phi) is 5.94. The maximum Gasteiger partial charge on any atom is 0.321 e. The molecule has 5 nitrogen and oxygen atoms in total. The van der Waals surface area contributed by atoms with E-state index in [0.717, 1.165) is 48.6 Å². The van der Waals surface area contributed by atoms with Crippen molar-refractivity contribution in [2.24, 2.45) is 0 Å². The van der Waals surface area contributed by atoms with Crippen molar-refractivity contribution in [2.45, 2.75) is 6.54 Å². The van der Waals surface area contributed by atoms with E-state index in [-0.39, 0.29) is 6.03 Å². The Morgan fingerprint density at radius 1 is 1.12 bits per heavy atom. The van der Waals surface area contributed by atoms with Crippen LogP contribution in [0, 0.1) is 0 Å². The number of hydrogen-bond donors (Lipinski definition) is 1. The normalized spacial score (nSPS) is 15.0. The van der Waals surface area contributed by atoms with Crippen molar-refractivity contribution in [3.63, 3.8) is 0 Å². The molecule has 1 aliphatic heterocycles. The van der Waals surface area contributed by atoms with Crippen molar-refractivity contribution in [3.8, 4) is 5.75 Å². The molecule has 1 aliphatic rings. The number of urea groups is 1. The third kappa shape index (κ3) is 4.74. The van der Waals surface area contributed by atoms with Crippen LogP contribution in [0.5, 0.6) is 5.75 Å². The molecule has 2 aromatic rings. The summed E-state index contributed by atoms with van der Waals surface area (Å²) in [5.74, 6) is 0.914. The second-order valence-electron chi connectivity index (χ2n) is 6.02. The molecule has 0 radical (unpaired) electrons. The molecule has 3 rings (SSSR count). The van der Waals surface area contributed by atoms with E-state index in [1.54, 1.807) is 7.11 Å². The van der Waals surface area contributed by atoms with E-state index in [1.807, 2.05) is 47.4 Å². The predicted octanol–water partition coefficient (Wildman–Crippen LogP) is 3.81. The minimum atomic E-state index is -0.0463. The molecule has 132 valence electrons. The van der Waals surface area contributed by atoms with Gasteiger partial charge in [0.05, 0.1) is 7.11 Å². The van der Waals surface area contributed by atoms with Gasteiger partial charge >= 0.3 is 6.03 Å². The van der Waals surface area contributed by atoms with Crippen LogP contribution in [-0.4, -0.2) is 49.1 Å². The fraction of sp³-hybridized carbons (Fsp3) is 0.316. The number of amides is 2. The molecule has 0 aromatic heterocycles. The first kappa shape index (κ1) is 17.8. The monoisotopic (exact) mass is 403 g/mol. The average molecular weight is 404 g/mol. The summed E-state index contributed by atoms with van der Waals surface area (Å²) in [6.07, 6.45) is 0. The highest BCUT2D eigenvalue weighted by Crippen LogP contribution is 2.20. The molecule has 0 bridgehead atoms. The van der Waals surface area contributed by atoms with E-state index >= 15 is 0 Å². The topological polar surface area (TPSA) is 44.8 Å². The molecule has 2 aromatic carbocycles.